The van der Waals surface area contributed by atoms with E-state index in [1.807, 2.05) is 12.1 Å². The molecule has 0 aromatic heterocycles. The molecule has 1 aliphatic rings. The normalized spacial score (nSPS) is 24.3. The molecule has 1 fully saturated rings. The number of carboxylic acids is 1. The van der Waals surface area contributed by atoms with Crippen molar-refractivity contribution in [1.29, 1.82) is 0 Å². The molecular formula is C15H20O3S. The van der Waals surface area contributed by atoms with Crippen molar-refractivity contribution in [1.82, 2.24) is 0 Å². The van der Waals surface area contributed by atoms with E-state index in [2.05, 4.69) is 27.7 Å². The van der Waals surface area contributed by atoms with E-state index in [1.165, 1.54) is 0 Å². The molecule has 0 radical (unpaired) electrons. The Morgan fingerprint density at radius 2 is 1.95 bits per heavy atom. The number of carboxylic acid groups (broad SMARTS) is 1. The summed E-state index contributed by atoms with van der Waals surface area (Å²) >= 11 is 1.61. The summed E-state index contributed by atoms with van der Waals surface area (Å²) in [7, 11) is 0. The molecule has 1 aromatic rings. The van der Waals surface area contributed by atoms with Crippen LogP contribution in [0.2, 0.25) is 0 Å². The molecule has 1 saturated heterocycles. The molecule has 1 aromatic carbocycles. The number of hydrogen-bond donors (Lipinski definition) is 1. The molecule has 1 aliphatic heterocycles. The Bertz CT molecular complexity index is 494. The van der Waals surface area contributed by atoms with Gasteiger partial charge in [0.15, 0.2) is 0 Å². The lowest BCUT2D eigenvalue weighted by Gasteiger charge is -2.27. The molecule has 0 spiro atoms. The Morgan fingerprint density at radius 1 is 1.32 bits per heavy atom. The summed E-state index contributed by atoms with van der Waals surface area (Å²) in [5.74, 6) is -0.876. The summed E-state index contributed by atoms with van der Waals surface area (Å²) in [6.45, 7) is 8.31. The first-order valence-electron chi connectivity index (χ1n) is 6.40. The number of aromatic carboxylic acids is 1. The van der Waals surface area contributed by atoms with Gasteiger partial charge in [-0.25, -0.2) is 4.79 Å². The van der Waals surface area contributed by atoms with Gasteiger partial charge < -0.3 is 9.84 Å². The van der Waals surface area contributed by atoms with Crippen LogP contribution in [0.4, 0.5) is 0 Å². The molecule has 1 heterocycles. The molecule has 1 atom stereocenters. The lowest BCUT2D eigenvalue weighted by molar-refractivity contribution is -0.0631. The second kappa shape index (κ2) is 4.84. The number of ether oxygens (including phenoxy) is 1. The van der Waals surface area contributed by atoms with Gasteiger partial charge in [-0.1, -0.05) is 12.1 Å². The topological polar surface area (TPSA) is 46.5 Å². The number of hydrogen-bond acceptors (Lipinski definition) is 3. The summed E-state index contributed by atoms with van der Waals surface area (Å²) in [6, 6.07) is 7.16. The summed E-state index contributed by atoms with van der Waals surface area (Å²) in [5.41, 5.74) is -0.0351. The van der Waals surface area contributed by atoms with E-state index in [4.69, 9.17) is 4.74 Å². The van der Waals surface area contributed by atoms with Crippen LogP contribution < -0.4 is 0 Å². The monoisotopic (exact) mass is 280 g/mol. The van der Waals surface area contributed by atoms with Crippen LogP contribution in [0.25, 0.3) is 0 Å². The summed E-state index contributed by atoms with van der Waals surface area (Å²) in [4.78, 5) is 12.1. The predicted molar refractivity (Wildman–Crippen MR) is 76.9 cm³/mol. The van der Waals surface area contributed by atoms with Crippen LogP contribution in [0.5, 0.6) is 0 Å². The first kappa shape index (κ1) is 14.4. The fraction of sp³-hybridized carbons (Fsp3) is 0.533. The molecule has 1 N–H and O–H groups in total. The van der Waals surface area contributed by atoms with Crippen LogP contribution in [0.15, 0.2) is 29.2 Å². The number of carbonyl (C=O) groups is 1. The van der Waals surface area contributed by atoms with E-state index >= 15 is 0 Å². The van der Waals surface area contributed by atoms with Gasteiger partial charge >= 0.3 is 5.97 Å². The highest BCUT2D eigenvalue weighted by Gasteiger charge is 2.46. The second-order valence-corrected chi connectivity index (χ2v) is 7.32. The number of rotatable bonds is 3. The molecule has 3 nitrogen and oxygen atoms in total. The van der Waals surface area contributed by atoms with Gasteiger partial charge in [0.1, 0.15) is 0 Å². The lowest BCUT2D eigenvalue weighted by Crippen LogP contribution is -2.31. The zero-order valence-electron chi connectivity index (χ0n) is 11.8. The Morgan fingerprint density at radius 3 is 2.47 bits per heavy atom. The van der Waals surface area contributed by atoms with E-state index in [0.717, 1.165) is 11.3 Å². The third-order valence-corrected chi connectivity index (χ3v) is 5.01. The van der Waals surface area contributed by atoms with Crippen molar-refractivity contribution < 1.29 is 14.6 Å². The molecule has 1 unspecified atom stereocenters. The minimum atomic E-state index is -0.876. The van der Waals surface area contributed by atoms with E-state index < -0.39 is 5.97 Å². The highest BCUT2D eigenvalue weighted by atomic mass is 32.2. The largest absolute Gasteiger partial charge is 0.478 e. The average molecular weight is 280 g/mol. The third-order valence-electron chi connectivity index (χ3n) is 3.38. The molecule has 0 bridgehead atoms. The lowest BCUT2D eigenvalue weighted by atomic mass is 10.0. The van der Waals surface area contributed by atoms with Gasteiger partial charge in [0.2, 0.25) is 0 Å². The van der Waals surface area contributed by atoms with Crippen molar-refractivity contribution in [2.45, 2.75) is 55.5 Å². The summed E-state index contributed by atoms with van der Waals surface area (Å²) in [6.07, 6.45) is 0.915. The minimum Gasteiger partial charge on any atom is -0.478 e. The predicted octanol–water partition coefficient (Wildman–Crippen LogP) is 3.82. The van der Waals surface area contributed by atoms with E-state index in [-0.39, 0.29) is 16.5 Å². The molecule has 104 valence electrons. The first-order valence-corrected chi connectivity index (χ1v) is 7.28. The van der Waals surface area contributed by atoms with Crippen LogP contribution in [-0.4, -0.2) is 27.5 Å². The summed E-state index contributed by atoms with van der Waals surface area (Å²) in [5, 5.41) is 9.48. The highest BCUT2D eigenvalue weighted by molar-refractivity contribution is 8.00. The smallest absolute Gasteiger partial charge is 0.336 e. The zero-order valence-corrected chi connectivity index (χ0v) is 12.6. The van der Waals surface area contributed by atoms with Gasteiger partial charge in [-0.15, -0.1) is 11.8 Å². The maximum atomic E-state index is 11.2. The molecule has 4 heteroatoms. The fourth-order valence-corrected chi connectivity index (χ4v) is 4.16. The van der Waals surface area contributed by atoms with Crippen LogP contribution in [0, 0.1) is 0 Å². The van der Waals surface area contributed by atoms with Crippen molar-refractivity contribution in [2.24, 2.45) is 0 Å². The maximum absolute atomic E-state index is 11.2. The van der Waals surface area contributed by atoms with Crippen molar-refractivity contribution in [3.05, 3.63) is 29.8 Å². The van der Waals surface area contributed by atoms with Crippen LogP contribution in [0.1, 0.15) is 44.5 Å². The Hall–Kier alpha value is -1.00. The average Bonchev–Trinajstić information content (AvgIpc) is 2.47. The Labute approximate surface area is 118 Å². The molecular weight excluding hydrogens is 260 g/mol. The zero-order chi connectivity index (χ0) is 14.3. The van der Waals surface area contributed by atoms with Gasteiger partial charge in [0.05, 0.1) is 16.8 Å². The van der Waals surface area contributed by atoms with Gasteiger partial charge in [0, 0.05) is 10.1 Å². The molecule has 0 saturated carbocycles. The van der Waals surface area contributed by atoms with Gasteiger partial charge in [0.25, 0.3) is 0 Å². The van der Waals surface area contributed by atoms with Gasteiger partial charge in [-0.05, 0) is 46.2 Å². The van der Waals surface area contributed by atoms with Crippen LogP contribution in [-0.2, 0) is 4.74 Å². The number of benzene rings is 1. The first-order chi connectivity index (χ1) is 8.71. The molecule has 2 rings (SSSR count). The number of thioether (sulfide) groups is 1. The Kier molecular flexibility index (Phi) is 3.67. The fourth-order valence-electron chi connectivity index (χ4n) is 2.59. The van der Waals surface area contributed by atoms with Crippen LogP contribution >= 0.6 is 11.8 Å². The van der Waals surface area contributed by atoms with Crippen molar-refractivity contribution >= 4 is 17.7 Å². The van der Waals surface area contributed by atoms with Gasteiger partial charge in [-0.2, -0.15) is 0 Å². The van der Waals surface area contributed by atoms with Crippen molar-refractivity contribution in [3.63, 3.8) is 0 Å². The van der Waals surface area contributed by atoms with E-state index in [0.29, 0.717) is 5.56 Å². The maximum Gasteiger partial charge on any atom is 0.336 e. The molecule has 0 amide bonds. The quantitative estimate of drug-likeness (QED) is 0.914. The van der Waals surface area contributed by atoms with E-state index in [1.54, 1.807) is 23.9 Å². The standard InChI is InChI=1S/C15H20O3S/c1-14(2)9-12(15(3,4)18-14)19-11-8-6-5-7-10(11)13(16)17/h5-8,12H,9H2,1-4H3,(H,16,17). The molecule has 19 heavy (non-hydrogen) atoms. The third kappa shape index (κ3) is 3.12. The SMILES string of the molecule is CC1(C)CC(Sc2ccccc2C(=O)O)C(C)(C)O1. The van der Waals surface area contributed by atoms with Gasteiger partial charge in [-0.3, -0.25) is 0 Å². The van der Waals surface area contributed by atoms with Crippen LogP contribution in [0.3, 0.4) is 0 Å². The Balaban J connectivity index is 2.25. The second-order valence-electron chi connectivity index (χ2n) is 6.08. The minimum absolute atomic E-state index is 0.153. The molecule has 0 aliphatic carbocycles. The van der Waals surface area contributed by atoms with E-state index in [9.17, 15) is 9.90 Å². The highest BCUT2D eigenvalue weighted by Crippen LogP contribution is 2.46. The van der Waals surface area contributed by atoms with Crippen molar-refractivity contribution in [2.75, 3.05) is 0 Å². The van der Waals surface area contributed by atoms with Crippen molar-refractivity contribution in [3.8, 4) is 0 Å². The summed E-state index contributed by atoms with van der Waals surface area (Å²) < 4.78 is 6.05.